The lowest BCUT2D eigenvalue weighted by molar-refractivity contribution is -0.0228. The standard InChI is InChI=1S/C18H26O9P2/c1-18-7-6-13-12(14(18)4-5-16(18)20)3-2-10-8-11(19)9-15(17(10)13)26-29(24,25)27-28(21,22)23/h8-9,12-14,16,19-20H,2-7H2,1H3,(H,24,25)(H2,21,22,23)/t12-,13+,14+,16-,18+/m1/s1. The molecule has 0 radical (unpaired) electrons. The fourth-order valence-corrected chi connectivity index (χ4v) is 7.60. The average Bonchev–Trinajstić information content (AvgIpc) is 2.87. The molecule has 162 valence electrons. The Morgan fingerprint density at radius 2 is 1.83 bits per heavy atom. The van der Waals surface area contributed by atoms with Crippen LogP contribution in [0.15, 0.2) is 12.1 Å². The predicted molar refractivity (Wildman–Crippen MR) is 102 cm³/mol. The average molecular weight is 448 g/mol. The molecule has 0 saturated heterocycles. The maximum Gasteiger partial charge on any atom is 0.536 e. The van der Waals surface area contributed by atoms with Gasteiger partial charge < -0.3 is 24.5 Å². The molecular formula is C18H26O9P2. The zero-order valence-corrected chi connectivity index (χ0v) is 17.8. The number of phosphoric ester groups is 1. The maximum atomic E-state index is 12.1. The van der Waals surface area contributed by atoms with Crippen molar-refractivity contribution in [1.29, 1.82) is 0 Å². The molecule has 29 heavy (non-hydrogen) atoms. The molecule has 3 aliphatic rings. The van der Waals surface area contributed by atoms with Crippen LogP contribution in [0.25, 0.3) is 0 Å². The van der Waals surface area contributed by atoms with E-state index in [1.165, 1.54) is 6.07 Å². The second-order valence-electron chi connectivity index (χ2n) is 8.70. The van der Waals surface area contributed by atoms with E-state index in [-0.39, 0.29) is 34.9 Å². The molecule has 9 nitrogen and oxygen atoms in total. The topological polar surface area (TPSA) is 154 Å². The number of benzene rings is 1. The Hall–Kier alpha value is -0.920. The smallest absolute Gasteiger partial charge is 0.508 e. The van der Waals surface area contributed by atoms with Gasteiger partial charge in [-0.05, 0) is 73.3 Å². The van der Waals surface area contributed by atoms with Crippen molar-refractivity contribution in [2.75, 3.05) is 0 Å². The van der Waals surface area contributed by atoms with Crippen molar-refractivity contribution in [1.82, 2.24) is 0 Å². The van der Waals surface area contributed by atoms with Crippen LogP contribution in [0.2, 0.25) is 0 Å². The third-order valence-corrected chi connectivity index (χ3v) is 9.24. The Morgan fingerprint density at radius 1 is 1.10 bits per heavy atom. The lowest BCUT2D eigenvalue weighted by Crippen LogP contribution is -2.44. The van der Waals surface area contributed by atoms with Gasteiger partial charge in [-0.3, -0.25) is 4.89 Å². The molecule has 0 aliphatic heterocycles. The highest BCUT2D eigenvalue weighted by molar-refractivity contribution is 7.60. The van der Waals surface area contributed by atoms with Crippen molar-refractivity contribution >= 4 is 15.6 Å². The van der Waals surface area contributed by atoms with Crippen LogP contribution in [0, 0.1) is 17.3 Å². The summed E-state index contributed by atoms with van der Waals surface area (Å²) in [5.41, 5.74) is 1.33. The number of rotatable bonds is 4. The van der Waals surface area contributed by atoms with Crippen molar-refractivity contribution in [3.63, 3.8) is 0 Å². The van der Waals surface area contributed by atoms with Crippen molar-refractivity contribution in [3.8, 4) is 11.5 Å². The Bertz CT molecular complexity index is 913. The van der Waals surface area contributed by atoms with E-state index in [1.54, 1.807) is 6.07 Å². The SMILES string of the molecule is C[C@]12CC[C@@H]3c4c(cc(O)cc4OP(=O)(O)OP(=O)(O)O)CC[C@H]3[C@@H]1CC[C@H]2O. The van der Waals surface area contributed by atoms with Crippen LogP contribution in [0.5, 0.6) is 11.5 Å². The summed E-state index contributed by atoms with van der Waals surface area (Å²) >= 11 is 0. The predicted octanol–water partition coefficient (Wildman–Crippen LogP) is 3.20. The molecule has 1 aromatic carbocycles. The minimum absolute atomic E-state index is 0.00721. The molecule has 1 unspecified atom stereocenters. The first-order chi connectivity index (χ1) is 13.4. The molecule has 6 atom stereocenters. The van der Waals surface area contributed by atoms with E-state index in [2.05, 4.69) is 11.2 Å². The lowest BCUT2D eigenvalue weighted by atomic mass is 9.55. The molecule has 1 aromatic rings. The Kier molecular flexibility index (Phi) is 5.19. The van der Waals surface area contributed by atoms with Gasteiger partial charge in [-0.1, -0.05) is 6.92 Å². The summed E-state index contributed by atoms with van der Waals surface area (Å²) in [5.74, 6) is 0.332. The van der Waals surface area contributed by atoms with Gasteiger partial charge in [0.05, 0.1) is 6.10 Å². The van der Waals surface area contributed by atoms with Gasteiger partial charge in [0.1, 0.15) is 11.5 Å². The number of phenolic OH excluding ortho intramolecular Hbond substituents is 1. The van der Waals surface area contributed by atoms with Gasteiger partial charge in [-0.15, -0.1) is 0 Å². The number of fused-ring (bicyclic) bond motifs is 5. The van der Waals surface area contributed by atoms with Crippen molar-refractivity contribution in [3.05, 3.63) is 23.3 Å². The fourth-order valence-electron chi connectivity index (χ4n) is 5.99. The number of aryl methyl sites for hydroxylation is 1. The van der Waals surface area contributed by atoms with Crippen LogP contribution in [-0.4, -0.2) is 31.0 Å². The van der Waals surface area contributed by atoms with Gasteiger partial charge in [-0.2, -0.15) is 4.31 Å². The highest BCUT2D eigenvalue weighted by Crippen LogP contribution is 2.64. The summed E-state index contributed by atoms with van der Waals surface area (Å²) in [7, 11) is -10.4. The van der Waals surface area contributed by atoms with Crippen LogP contribution < -0.4 is 4.52 Å². The van der Waals surface area contributed by atoms with E-state index in [1.807, 2.05) is 0 Å². The molecule has 5 N–H and O–H groups in total. The minimum Gasteiger partial charge on any atom is -0.508 e. The summed E-state index contributed by atoms with van der Waals surface area (Å²) in [6, 6.07) is 2.78. The van der Waals surface area contributed by atoms with Crippen LogP contribution in [0.4, 0.5) is 0 Å². The van der Waals surface area contributed by atoms with Gasteiger partial charge in [0, 0.05) is 11.6 Å². The molecule has 3 aliphatic carbocycles. The zero-order chi connectivity index (χ0) is 21.2. The largest absolute Gasteiger partial charge is 0.536 e. The van der Waals surface area contributed by atoms with E-state index in [9.17, 15) is 24.2 Å². The third-order valence-electron chi connectivity index (χ3n) is 7.14. The van der Waals surface area contributed by atoms with Gasteiger partial charge in [0.2, 0.25) is 0 Å². The summed E-state index contributed by atoms with van der Waals surface area (Å²) < 4.78 is 32.1. The highest BCUT2D eigenvalue weighted by Gasteiger charge is 2.55. The molecule has 0 spiro atoms. The highest BCUT2D eigenvalue weighted by atomic mass is 31.3. The molecular weight excluding hydrogens is 422 g/mol. The molecule has 0 amide bonds. The number of hydrogen-bond donors (Lipinski definition) is 5. The maximum absolute atomic E-state index is 12.1. The van der Waals surface area contributed by atoms with E-state index >= 15 is 0 Å². The van der Waals surface area contributed by atoms with E-state index in [0.29, 0.717) is 17.9 Å². The Morgan fingerprint density at radius 3 is 2.52 bits per heavy atom. The van der Waals surface area contributed by atoms with Gasteiger partial charge in [0.15, 0.2) is 0 Å². The van der Waals surface area contributed by atoms with Crippen molar-refractivity contribution < 1.29 is 42.9 Å². The quantitative estimate of drug-likeness (QED) is 0.437. The molecule has 2 saturated carbocycles. The van der Waals surface area contributed by atoms with Crippen LogP contribution >= 0.6 is 15.6 Å². The number of aromatic hydroxyl groups is 1. The molecule has 11 heteroatoms. The second kappa shape index (κ2) is 7.06. The minimum atomic E-state index is -5.25. The molecule has 0 bridgehead atoms. The van der Waals surface area contributed by atoms with Gasteiger partial charge >= 0.3 is 15.6 Å². The molecule has 2 fully saturated rings. The fraction of sp³-hybridized carbons (Fsp3) is 0.667. The van der Waals surface area contributed by atoms with Crippen LogP contribution in [0.3, 0.4) is 0 Å². The number of phosphoric acid groups is 2. The van der Waals surface area contributed by atoms with Crippen LogP contribution in [0.1, 0.15) is 56.1 Å². The second-order valence-corrected chi connectivity index (χ2v) is 11.5. The van der Waals surface area contributed by atoms with Gasteiger partial charge in [0.25, 0.3) is 0 Å². The van der Waals surface area contributed by atoms with E-state index in [4.69, 9.17) is 14.3 Å². The number of aliphatic hydroxyl groups excluding tert-OH is 1. The van der Waals surface area contributed by atoms with Gasteiger partial charge in [-0.25, -0.2) is 9.13 Å². The Labute approximate surface area is 168 Å². The van der Waals surface area contributed by atoms with Crippen molar-refractivity contribution in [2.45, 2.75) is 57.5 Å². The third kappa shape index (κ3) is 3.90. The summed E-state index contributed by atoms with van der Waals surface area (Å²) in [6.45, 7) is 2.13. The summed E-state index contributed by atoms with van der Waals surface area (Å²) in [6.07, 6.45) is 4.41. The number of hydrogen-bond acceptors (Lipinski definition) is 6. The normalized spacial score (nSPS) is 35.9. The first kappa shape index (κ1) is 21.3. The first-order valence-electron chi connectivity index (χ1n) is 9.73. The summed E-state index contributed by atoms with van der Waals surface area (Å²) in [4.78, 5) is 27.6. The molecule has 0 heterocycles. The molecule has 4 rings (SSSR count). The number of phenols is 1. The first-order valence-corrected chi connectivity index (χ1v) is 12.8. The lowest BCUT2D eigenvalue weighted by Gasteiger charge is -2.50. The summed E-state index contributed by atoms with van der Waals surface area (Å²) in [5, 5.41) is 20.5. The molecule has 0 aromatic heterocycles. The Balaban J connectivity index is 1.71. The van der Waals surface area contributed by atoms with E-state index < -0.39 is 15.6 Å². The monoisotopic (exact) mass is 448 g/mol. The zero-order valence-electron chi connectivity index (χ0n) is 16.0. The number of aliphatic hydroxyl groups is 1. The van der Waals surface area contributed by atoms with Crippen molar-refractivity contribution in [2.24, 2.45) is 17.3 Å². The van der Waals surface area contributed by atoms with E-state index in [0.717, 1.165) is 37.7 Å². The van der Waals surface area contributed by atoms with Crippen LogP contribution in [-0.2, 0) is 19.9 Å².